The molecule has 0 radical (unpaired) electrons. The van der Waals surface area contributed by atoms with Crippen molar-refractivity contribution in [3.05, 3.63) is 53.5 Å². The Bertz CT molecular complexity index is 942. The van der Waals surface area contributed by atoms with Crippen molar-refractivity contribution in [1.29, 1.82) is 0 Å². The van der Waals surface area contributed by atoms with E-state index in [1.807, 2.05) is 4.90 Å². The lowest BCUT2D eigenvalue weighted by Crippen LogP contribution is -2.45. The summed E-state index contributed by atoms with van der Waals surface area (Å²) in [5, 5.41) is 0. The fraction of sp³-hybridized carbons (Fsp3) is 0.500. The minimum atomic E-state index is -2.65. The van der Waals surface area contributed by atoms with E-state index in [1.165, 1.54) is 23.4 Å². The van der Waals surface area contributed by atoms with Crippen molar-refractivity contribution < 1.29 is 22.7 Å². The van der Waals surface area contributed by atoms with Gasteiger partial charge in [0.05, 0.1) is 18.7 Å². The quantitative estimate of drug-likeness (QED) is 0.558. The van der Waals surface area contributed by atoms with Crippen LogP contribution >= 0.6 is 0 Å². The lowest BCUT2D eigenvalue weighted by Gasteiger charge is -2.40. The summed E-state index contributed by atoms with van der Waals surface area (Å²) in [4.78, 5) is 17.2. The van der Waals surface area contributed by atoms with Crippen LogP contribution in [0.2, 0.25) is 0 Å². The van der Waals surface area contributed by atoms with Crippen molar-refractivity contribution in [2.45, 2.75) is 45.0 Å². The second-order valence-corrected chi connectivity index (χ2v) is 9.01. The van der Waals surface area contributed by atoms with Crippen LogP contribution in [0.3, 0.4) is 0 Å². The van der Waals surface area contributed by atoms with Gasteiger partial charge in [-0.2, -0.15) is 0 Å². The summed E-state index contributed by atoms with van der Waals surface area (Å²) < 4.78 is 45.5. The predicted octanol–water partition coefficient (Wildman–Crippen LogP) is 5.02. The van der Waals surface area contributed by atoms with E-state index >= 15 is 0 Å². The first-order valence-corrected chi connectivity index (χ1v) is 10.7. The Morgan fingerprint density at radius 2 is 1.97 bits per heavy atom. The van der Waals surface area contributed by atoms with E-state index in [4.69, 9.17) is 4.74 Å². The summed E-state index contributed by atoms with van der Waals surface area (Å²) in [5.74, 6) is -2.66. The van der Waals surface area contributed by atoms with Crippen LogP contribution in [0, 0.1) is 17.7 Å². The van der Waals surface area contributed by atoms with Gasteiger partial charge in [0.25, 0.3) is 5.92 Å². The van der Waals surface area contributed by atoms with Crippen LogP contribution in [-0.2, 0) is 11.2 Å². The molecule has 0 N–H and O–H groups in total. The van der Waals surface area contributed by atoms with Crippen molar-refractivity contribution in [2.75, 3.05) is 24.6 Å². The number of Topliss-reactive ketones (excluding diaryl/α,β-unsaturated/α-hetero) is 1. The van der Waals surface area contributed by atoms with E-state index in [-0.39, 0.29) is 30.4 Å². The third kappa shape index (κ3) is 5.20. The molecule has 31 heavy (non-hydrogen) atoms. The van der Waals surface area contributed by atoms with E-state index in [2.05, 4.69) is 36.2 Å². The van der Waals surface area contributed by atoms with Gasteiger partial charge in [-0.05, 0) is 30.4 Å². The highest BCUT2D eigenvalue weighted by atomic mass is 19.3. The molecular formula is C24H27F3N2O2. The lowest BCUT2D eigenvalue weighted by atomic mass is 9.89. The minimum Gasteiger partial charge on any atom is -0.491 e. The molecule has 2 aromatic rings. The van der Waals surface area contributed by atoms with Gasteiger partial charge in [-0.25, -0.2) is 18.2 Å². The fourth-order valence-corrected chi connectivity index (χ4v) is 4.13. The zero-order valence-electron chi connectivity index (χ0n) is 17.8. The summed E-state index contributed by atoms with van der Waals surface area (Å²) in [6.45, 7) is 4.91. The normalized spacial score (nSPS) is 20.8. The molecule has 1 aliphatic carbocycles. The number of halogens is 3. The number of hydrogen-bond acceptors (Lipinski definition) is 4. The highest BCUT2D eigenvalue weighted by Crippen LogP contribution is 2.48. The zero-order valence-corrected chi connectivity index (χ0v) is 17.8. The van der Waals surface area contributed by atoms with Gasteiger partial charge in [-0.3, -0.25) is 0 Å². The number of carbonyl (C=O) groups excluding carboxylic acids is 1. The van der Waals surface area contributed by atoms with Crippen LogP contribution in [0.5, 0.6) is 5.75 Å². The number of benzene rings is 1. The number of ketones is 1. The highest BCUT2D eigenvalue weighted by Gasteiger charge is 2.57. The number of hydrogen-bond donors (Lipinski definition) is 0. The average Bonchev–Trinajstić information content (AvgIpc) is 3.27. The van der Waals surface area contributed by atoms with Crippen LogP contribution in [0.1, 0.15) is 43.7 Å². The number of ether oxygens (including phenoxy) is 1. The number of anilines is 1. The van der Waals surface area contributed by atoms with Crippen molar-refractivity contribution in [3.63, 3.8) is 0 Å². The fourth-order valence-electron chi connectivity index (χ4n) is 4.13. The molecule has 0 amide bonds. The van der Waals surface area contributed by atoms with Crippen LogP contribution < -0.4 is 9.64 Å². The lowest BCUT2D eigenvalue weighted by molar-refractivity contribution is -0.117. The van der Waals surface area contributed by atoms with Crippen molar-refractivity contribution in [2.24, 2.45) is 11.8 Å². The minimum absolute atomic E-state index is 0.122. The molecule has 2 heterocycles. The second kappa shape index (κ2) is 8.52. The zero-order chi connectivity index (χ0) is 22.2. The van der Waals surface area contributed by atoms with Gasteiger partial charge in [0.1, 0.15) is 11.5 Å². The largest absolute Gasteiger partial charge is 0.491 e. The van der Waals surface area contributed by atoms with Crippen molar-refractivity contribution in [3.8, 4) is 5.75 Å². The van der Waals surface area contributed by atoms with Crippen LogP contribution in [0.4, 0.5) is 19.0 Å². The number of alkyl halides is 2. The van der Waals surface area contributed by atoms with E-state index in [0.29, 0.717) is 31.3 Å². The smallest absolute Gasteiger partial charge is 0.255 e. The maximum atomic E-state index is 14.5. The Morgan fingerprint density at radius 1 is 1.29 bits per heavy atom. The Hall–Kier alpha value is -2.57. The van der Waals surface area contributed by atoms with Crippen molar-refractivity contribution in [1.82, 2.24) is 4.98 Å². The van der Waals surface area contributed by atoms with Gasteiger partial charge >= 0.3 is 0 Å². The van der Waals surface area contributed by atoms with Gasteiger partial charge in [0.15, 0.2) is 11.6 Å². The number of pyridine rings is 1. The molecule has 7 heteroatoms. The molecule has 2 atom stereocenters. The van der Waals surface area contributed by atoms with Crippen LogP contribution in [0.15, 0.2) is 36.5 Å². The summed E-state index contributed by atoms with van der Waals surface area (Å²) >= 11 is 0. The molecule has 2 unspecified atom stereocenters. The van der Waals surface area contributed by atoms with Gasteiger partial charge in [0, 0.05) is 37.9 Å². The van der Waals surface area contributed by atoms with Gasteiger partial charge in [0.2, 0.25) is 0 Å². The molecule has 1 saturated carbocycles. The molecular weight excluding hydrogens is 405 g/mol. The monoisotopic (exact) mass is 432 g/mol. The predicted molar refractivity (Wildman–Crippen MR) is 112 cm³/mol. The maximum Gasteiger partial charge on any atom is 0.255 e. The van der Waals surface area contributed by atoms with Crippen molar-refractivity contribution >= 4 is 11.6 Å². The average molecular weight is 432 g/mol. The first-order valence-electron chi connectivity index (χ1n) is 10.7. The number of nitrogens with zero attached hydrogens (tertiary/aromatic N) is 2. The first kappa shape index (κ1) is 21.7. The van der Waals surface area contributed by atoms with Gasteiger partial charge in [-0.1, -0.05) is 31.2 Å². The number of rotatable bonds is 9. The summed E-state index contributed by atoms with van der Waals surface area (Å²) in [6, 6.07) is 9.62. The Kier molecular flexibility index (Phi) is 5.95. The number of aromatic nitrogens is 1. The summed E-state index contributed by atoms with van der Waals surface area (Å²) in [5.41, 5.74) is 2.41. The first-order chi connectivity index (χ1) is 14.7. The van der Waals surface area contributed by atoms with Crippen LogP contribution in [-0.4, -0.2) is 36.4 Å². The summed E-state index contributed by atoms with van der Waals surface area (Å²) in [6.07, 6.45) is 2.69. The Balaban J connectivity index is 1.28. The molecule has 1 saturated heterocycles. The molecule has 2 aliphatic rings. The van der Waals surface area contributed by atoms with E-state index in [0.717, 1.165) is 6.42 Å². The third-order valence-electron chi connectivity index (χ3n) is 6.06. The molecule has 2 fully saturated rings. The second-order valence-electron chi connectivity index (χ2n) is 9.01. The van der Waals surface area contributed by atoms with Gasteiger partial charge in [-0.15, -0.1) is 0 Å². The Labute approximate surface area is 180 Å². The standard InChI is InChI=1S/C24H27F3N2O2/c1-15(7-16(2)30)8-17-3-5-18(6-4-17)19-12-29(13-19)23-22(25)9-21(11-28-23)31-14-20-10-24(20,26)27/h3-6,9,11,15,19-20H,7-8,10,12-14H2,1-2H3. The molecule has 1 aromatic heterocycles. The Morgan fingerprint density at radius 3 is 2.55 bits per heavy atom. The van der Waals surface area contributed by atoms with E-state index in [1.54, 1.807) is 6.92 Å². The maximum absolute atomic E-state index is 14.5. The molecule has 1 aliphatic heterocycles. The molecule has 4 nitrogen and oxygen atoms in total. The molecule has 0 bridgehead atoms. The molecule has 4 rings (SSSR count). The summed E-state index contributed by atoms with van der Waals surface area (Å²) in [7, 11) is 0. The van der Waals surface area contributed by atoms with E-state index in [9.17, 15) is 18.0 Å². The van der Waals surface area contributed by atoms with E-state index < -0.39 is 17.7 Å². The molecule has 1 aromatic carbocycles. The number of carbonyl (C=O) groups is 1. The van der Waals surface area contributed by atoms with Crippen LogP contribution in [0.25, 0.3) is 0 Å². The topological polar surface area (TPSA) is 42.4 Å². The highest BCUT2D eigenvalue weighted by molar-refractivity contribution is 5.75. The molecule has 0 spiro atoms. The molecule has 166 valence electrons. The SMILES string of the molecule is CC(=O)CC(C)Cc1ccc(C2CN(c3ncc(OCC4CC4(F)F)cc3F)C2)cc1. The van der Waals surface area contributed by atoms with Gasteiger partial charge < -0.3 is 14.4 Å². The third-order valence-corrected chi connectivity index (χ3v) is 6.06.